The van der Waals surface area contributed by atoms with E-state index in [1.165, 1.54) is 51.1 Å². The maximum atomic E-state index is 4.22. The summed E-state index contributed by atoms with van der Waals surface area (Å²) in [5.41, 5.74) is 0. The molecule has 6 heteroatoms. The number of anilines is 1. The molecule has 4 nitrogen and oxygen atoms in total. The minimum atomic E-state index is 0.676. The molecule has 1 aliphatic heterocycles. The lowest BCUT2D eigenvalue weighted by molar-refractivity contribution is -0.884. The van der Waals surface area contributed by atoms with Gasteiger partial charge in [0.15, 0.2) is 4.34 Å². The molecule has 2 fully saturated rings. The first-order valence-electron chi connectivity index (χ1n) is 6.46. The van der Waals surface area contributed by atoms with E-state index in [4.69, 9.17) is 0 Å². The Morgan fingerprint density at radius 3 is 2.88 bits per heavy atom. The van der Waals surface area contributed by atoms with E-state index in [2.05, 4.69) is 15.5 Å². The van der Waals surface area contributed by atoms with Crippen molar-refractivity contribution in [3.63, 3.8) is 0 Å². The molecule has 0 atom stereocenters. The number of likely N-dealkylation sites (tertiary alicyclic amines) is 1. The van der Waals surface area contributed by atoms with Gasteiger partial charge in [0, 0.05) is 24.6 Å². The highest BCUT2D eigenvalue weighted by Gasteiger charge is 2.22. The summed E-state index contributed by atoms with van der Waals surface area (Å²) in [4.78, 5) is 1.76. The molecule has 0 radical (unpaired) electrons. The zero-order valence-electron chi connectivity index (χ0n) is 9.95. The molecule has 1 saturated heterocycles. The number of hydrogen-bond acceptors (Lipinski definition) is 5. The second-order valence-electron chi connectivity index (χ2n) is 4.85. The third-order valence-electron chi connectivity index (χ3n) is 3.30. The molecule has 3 rings (SSSR count). The van der Waals surface area contributed by atoms with Crippen molar-refractivity contribution in [3.8, 4) is 0 Å². The largest absolute Gasteiger partial charge is 0.357 e. The molecule has 17 heavy (non-hydrogen) atoms. The Bertz CT molecular complexity index is 358. The summed E-state index contributed by atoms with van der Waals surface area (Å²) >= 11 is 3.56. The molecule has 0 bridgehead atoms. The van der Waals surface area contributed by atoms with Gasteiger partial charge in [0.05, 0.1) is 19.6 Å². The highest BCUT2D eigenvalue weighted by molar-refractivity contribution is 8.01. The molecule has 2 aliphatic rings. The van der Waals surface area contributed by atoms with Gasteiger partial charge >= 0.3 is 0 Å². The molecule has 0 amide bonds. The fourth-order valence-electron chi connectivity index (χ4n) is 2.14. The number of quaternary nitrogens is 1. The number of nitrogens with one attached hydrogen (secondary N) is 2. The van der Waals surface area contributed by atoms with E-state index in [1.807, 2.05) is 11.8 Å². The lowest BCUT2D eigenvalue weighted by Crippen LogP contribution is -3.10. The van der Waals surface area contributed by atoms with Crippen LogP contribution in [-0.2, 0) is 0 Å². The molecular weight excluding hydrogens is 252 g/mol. The fourth-order valence-corrected chi connectivity index (χ4v) is 4.08. The first-order valence-corrected chi connectivity index (χ1v) is 8.27. The van der Waals surface area contributed by atoms with Crippen LogP contribution in [0.15, 0.2) is 4.34 Å². The van der Waals surface area contributed by atoms with Crippen LogP contribution in [0.3, 0.4) is 0 Å². The molecule has 1 saturated carbocycles. The number of hydrogen-bond donors (Lipinski definition) is 2. The Morgan fingerprint density at radius 2 is 2.12 bits per heavy atom. The Morgan fingerprint density at radius 1 is 1.29 bits per heavy atom. The predicted octanol–water partition coefficient (Wildman–Crippen LogP) is 0.883. The quantitative estimate of drug-likeness (QED) is 0.754. The van der Waals surface area contributed by atoms with Gasteiger partial charge in [-0.3, -0.25) is 0 Å². The number of nitrogens with zero attached hydrogens (tertiary/aromatic N) is 2. The SMILES string of the molecule is C1CC[NH+](CCSc2nnc(NC3CC3)s2)C1. The molecule has 0 unspecified atom stereocenters. The van der Waals surface area contributed by atoms with Crippen LogP contribution in [0.25, 0.3) is 0 Å². The van der Waals surface area contributed by atoms with Crippen molar-refractivity contribution < 1.29 is 4.90 Å². The summed E-state index contributed by atoms with van der Waals surface area (Å²) in [6.07, 6.45) is 5.41. The molecule has 1 aromatic rings. The normalized spacial score (nSPS) is 20.9. The number of thioether (sulfide) groups is 1. The summed E-state index contributed by atoms with van der Waals surface area (Å²) < 4.78 is 1.12. The molecule has 1 aliphatic carbocycles. The van der Waals surface area contributed by atoms with E-state index in [-0.39, 0.29) is 0 Å². The minimum absolute atomic E-state index is 0.676. The topological polar surface area (TPSA) is 42.2 Å². The van der Waals surface area contributed by atoms with E-state index in [0.29, 0.717) is 6.04 Å². The van der Waals surface area contributed by atoms with Crippen molar-refractivity contribution >= 4 is 28.2 Å². The molecule has 94 valence electrons. The Labute approximate surface area is 110 Å². The Kier molecular flexibility index (Phi) is 3.83. The van der Waals surface area contributed by atoms with Gasteiger partial charge in [-0.05, 0) is 12.8 Å². The van der Waals surface area contributed by atoms with Crippen molar-refractivity contribution in [2.24, 2.45) is 0 Å². The molecule has 0 aromatic carbocycles. The third-order valence-corrected chi connectivity index (χ3v) is 5.29. The number of aromatic nitrogens is 2. The second-order valence-corrected chi connectivity index (χ2v) is 7.17. The van der Waals surface area contributed by atoms with Crippen molar-refractivity contribution in [1.29, 1.82) is 0 Å². The van der Waals surface area contributed by atoms with Crippen molar-refractivity contribution in [3.05, 3.63) is 0 Å². The Hall–Kier alpha value is -0.330. The molecule has 0 spiro atoms. The standard InChI is InChI=1S/C11H18N4S2/c1-2-6-15(5-1)7-8-16-11-14-13-10(17-11)12-9-3-4-9/h9H,1-8H2,(H,12,13)/p+1. The van der Waals surface area contributed by atoms with E-state index in [9.17, 15) is 0 Å². The molecule has 1 aromatic heterocycles. The maximum Gasteiger partial charge on any atom is 0.206 e. The van der Waals surface area contributed by atoms with E-state index in [1.54, 1.807) is 16.2 Å². The van der Waals surface area contributed by atoms with Crippen LogP contribution < -0.4 is 10.2 Å². The van der Waals surface area contributed by atoms with Crippen molar-refractivity contribution in [2.75, 3.05) is 30.7 Å². The van der Waals surface area contributed by atoms with Gasteiger partial charge < -0.3 is 10.2 Å². The Balaban J connectivity index is 1.39. The maximum absolute atomic E-state index is 4.22. The molecule has 2 heterocycles. The van der Waals surface area contributed by atoms with Gasteiger partial charge in [0.25, 0.3) is 0 Å². The van der Waals surface area contributed by atoms with Gasteiger partial charge in [0.2, 0.25) is 5.13 Å². The predicted molar refractivity (Wildman–Crippen MR) is 72.1 cm³/mol. The second kappa shape index (κ2) is 5.54. The summed E-state index contributed by atoms with van der Waals surface area (Å²) in [5.74, 6) is 1.17. The van der Waals surface area contributed by atoms with Crippen LogP contribution in [0.2, 0.25) is 0 Å². The number of rotatable bonds is 6. The van der Waals surface area contributed by atoms with Crippen molar-refractivity contribution in [1.82, 2.24) is 10.2 Å². The van der Waals surface area contributed by atoms with Crippen LogP contribution in [0.5, 0.6) is 0 Å². The zero-order chi connectivity index (χ0) is 11.5. The van der Waals surface area contributed by atoms with Crippen LogP contribution in [0, 0.1) is 0 Å². The molecule has 2 N–H and O–H groups in total. The van der Waals surface area contributed by atoms with Crippen LogP contribution in [-0.4, -0.2) is 41.6 Å². The highest BCUT2D eigenvalue weighted by atomic mass is 32.2. The fraction of sp³-hybridized carbons (Fsp3) is 0.818. The smallest absolute Gasteiger partial charge is 0.206 e. The van der Waals surface area contributed by atoms with E-state index in [0.717, 1.165) is 9.47 Å². The minimum Gasteiger partial charge on any atom is -0.357 e. The van der Waals surface area contributed by atoms with Gasteiger partial charge in [-0.25, -0.2) is 0 Å². The first kappa shape index (κ1) is 11.7. The van der Waals surface area contributed by atoms with E-state index < -0.39 is 0 Å². The third kappa shape index (κ3) is 3.56. The summed E-state index contributed by atoms with van der Waals surface area (Å²) in [6, 6.07) is 0.676. The van der Waals surface area contributed by atoms with Crippen LogP contribution >= 0.6 is 23.1 Å². The van der Waals surface area contributed by atoms with Gasteiger partial charge in [-0.2, -0.15) is 0 Å². The van der Waals surface area contributed by atoms with Gasteiger partial charge in [-0.15, -0.1) is 10.2 Å². The summed E-state index contributed by atoms with van der Waals surface area (Å²) in [5, 5.41) is 12.8. The lowest BCUT2D eigenvalue weighted by atomic mass is 10.4. The van der Waals surface area contributed by atoms with E-state index >= 15 is 0 Å². The van der Waals surface area contributed by atoms with Gasteiger partial charge in [-0.1, -0.05) is 23.1 Å². The van der Waals surface area contributed by atoms with Crippen LogP contribution in [0.4, 0.5) is 5.13 Å². The van der Waals surface area contributed by atoms with Crippen LogP contribution in [0.1, 0.15) is 25.7 Å². The van der Waals surface area contributed by atoms with Crippen molar-refractivity contribution in [2.45, 2.75) is 36.1 Å². The monoisotopic (exact) mass is 271 g/mol. The zero-order valence-corrected chi connectivity index (χ0v) is 11.6. The average molecular weight is 271 g/mol. The summed E-state index contributed by atoms with van der Waals surface area (Å²) in [7, 11) is 0. The van der Waals surface area contributed by atoms with Gasteiger partial charge in [0.1, 0.15) is 0 Å². The lowest BCUT2D eigenvalue weighted by Gasteiger charge is -2.10. The first-order chi connectivity index (χ1) is 8.40. The summed E-state index contributed by atoms with van der Waals surface area (Å²) in [6.45, 7) is 4.01. The highest BCUT2D eigenvalue weighted by Crippen LogP contribution is 2.29. The molecular formula is C11H19N4S2+. The average Bonchev–Trinajstić information content (AvgIpc) is 2.80.